The number of hydrazine groups is 1. The first-order valence-electron chi connectivity index (χ1n) is 3.76. The van der Waals surface area contributed by atoms with Crippen LogP contribution in [0.15, 0.2) is 0 Å². The number of carbonyl (C=O) groups excluding carboxylic acids is 1. The number of amides is 1. The number of nitrogens with one attached hydrogen (secondary N) is 1. The molecule has 1 aliphatic carbocycles. The van der Waals surface area contributed by atoms with Crippen molar-refractivity contribution in [3.63, 3.8) is 0 Å². The Morgan fingerprint density at radius 3 is 2.55 bits per heavy atom. The predicted molar refractivity (Wildman–Crippen MR) is 40.6 cm³/mol. The first-order chi connectivity index (χ1) is 5.06. The minimum atomic E-state index is -0.554. The maximum Gasteiger partial charge on any atom is 0.421 e. The van der Waals surface area contributed by atoms with Crippen LogP contribution < -0.4 is 11.3 Å². The van der Waals surface area contributed by atoms with Gasteiger partial charge in [-0.25, -0.2) is 10.6 Å². The standard InChI is InChI=1S/C7H14N2O2/c1-7(2,5-3-4-5)11-6(10)9-8/h5H,3-4,8H2,1-2H3,(H,9,10). The maximum atomic E-state index is 10.7. The van der Waals surface area contributed by atoms with E-state index < -0.39 is 6.09 Å². The predicted octanol–water partition coefficient (Wildman–Crippen LogP) is 0.775. The van der Waals surface area contributed by atoms with Gasteiger partial charge in [0.1, 0.15) is 5.60 Å². The monoisotopic (exact) mass is 158 g/mol. The smallest absolute Gasteiger partial charge is 0.421 e. The first kappa shape index (κ1) is 8.33. The minimum Gasteiger partial charge on any atom is -0.442 e. The van der Waals surface area contributed by atoms with Crippen molar-refractivity contribution in [2.75, 3.05) is 0 Å². The molecule has 0 aliphatic heterocycles. The summed E-state index contributed by atoms with van der Waals surface area (Å²) in [5.74, 6) is 5.39. The quantitative estimate of drug-likeness (QED) is 0.354. The molecule has 1 fully saturated rings. The molecule has 1 amide bonds. The Balaban J connectivity index is 2.38. The summed E-state index contributed by atoms with van der Waals surface area (Å²) in [6.45, 7) is 3.81. The lowest BCUT2D eigenvalue weighted by molar-refractivity contribution is 0.0226. The van der Waals surface area contributed by atoms with Gasteiger partial charge in [0.2, 0.25) is 0 Å². The van der Waals surface area contributed by atoms with E-state index in [1.165, 1.54) is 0 Å². The fourth-order valence-electron chi connectivity index (χ4n) is 1.13. The zero-order valence-corrected chi connectivity index (χ0v) is 6.89. The van der Waals surface area contributed by atoms with Gasteiger partial charge in [0.05, 0.1) is 0 Å². The van der Waals surface area contributed by atoms with Crippen molar-refractivity contribution < 1.29 is 9.53 Å². The highest BCUT2D eigenvalue weighted by atomic mass is 16.6. The molecule has 0 aromatic carbocycles. The van der Waals surface area contributed by atoms with Gasteiger partial charge in [0.15, 0.2) is 0 Å². The van der Waals surface area contributed by atoms with Crippen molar-refractivity contribution in [1.82, 2.24) is 5.43 Å². The second-order valence-electron chi connectivity index (χ2n) is 3.41. The Kier molecular flexibility index (Phi) is 2.04. The Labute approximate surface area is 66.1 Å². The molecule has 1 saturated carbocycles. The number of hydrogen-bond acceptors (Lipinski definition) is 3. The lowest BCUT2D eigenvalue weighted by Crippen LogP contribution is -2.39. The van der Waals surface area contributed by atoms with Crippen LogP contribution in [0.1, 0.15) is 26.7 Å². The molecule has 0 aromatic rings. The Morgan fingerprint density at radius 2 is 2.18 bits per heavy atom. The van der Waals surface area contributed by atoms with Crippen molar-refractivity contribution in [1.29, 1.82) is 0 Å². The van der Waals surface area contributed by atoms with Crippen LogP contribution in [-0.4, -0.2) is 11.7 Å². The third-order valence-corrected chi connectivity index (χ3v) is 2.03. The van der Waals surface area contributed by atoms with E-state index >= 15 is 0 Å². The molecule has 0 bridgehead atoms. The molecular weight excluding hydrogens is 144 g/mol. The second kappa shape index (κ2) is 2.70. The maximum absolute atomic E-state index is 10.7. The molecule has 1 aliphatic rings. The normalized spacial score (nSPS) is 17.7. The third-order valence-electron chi connectivity index (χ3n) is 2.03. The van der Waals surface area contributed by atoms with Crippen molar-refractivity contribution in [2.45, 2.75) is 32.3 Å². The van der Waals surface area contributed by atoms with Crippen LogP contribution in [0.3, 0.4) is 0 Å². The van der Waals surface area contributed by atoms with E-state index in [0.717, 1.165) is 12.8 Å². The molecule has 4 nitrogen and oxygen atoms in total. The van der Waals surface area contributed by atoms with Gasteiger partial charge in [-0.15, -0.1) is 0 Å². The molecule has 0 unspecified atom stereocenters. The summed E-state index contributed by atoms with van der Waals surface area (Å²) >= 11 is 0. The molecule has 11 heavy (non-hydrogen) atoms. The van der Waals surface area contributed by atoms with E-state index in [-0.39, 0.29) is 5.60 Å². The number of nitrogens with two attached hydrogens (primary N) is 1. The van der Waals surface area contributed by atoms with Gasteiger partial charge >= 0.3 is 6.09 Å². The molecule has 4 heteroatoms. The summed E-state index contributed by atoms with van der Waals surface area (Å²) in [6.07, 6.45) is 1.73. The molecule has 0 aromatic heterocycles. The van der Waals surface area contributed by atoms with Crippen molar-refractivity contribution in [2.24, 2.45) is 11.8 Å². The Bertz CT molecular complexity index is 164. The van der Waals surface area contributed by atoms with Crippen LogP contribution in [0.4, 0.5) is 4.79 Å². The molecule has 1 rings (SSSR count). The fourth-order valence-corrected chi connectivity index (χ4v) is 1.13. The largest absolute Gasteiger partial charge is 0.442 e. The van der Waals surface area contributed by atoms with E-state index in [9.17, 15) is 4.79 Å². The molecule has 0 radical (unpaired) electrons. The molecule has 0 saturated heterocycles. The summed E-state index contributed by atoms with van der Waals surface area (Å²) in [5, 5.41) is 0. The topological polar surface area (TPSA) is 64.3 Å². The van der Waals surface area contributed by atoms with Crippen LogP contribution in [0.5, 0.6) is 0 Å². The fraction of sp³-hybridized carbons (Fsp3) is 0.857. The van der Waals surface area contributed by atoms with Gasteiger partial charge in [0, 0.05) is 0 Å². The minimum absolute atomic E-state index is 0.358. The lowest BCUT2D eigenvalue weighted by Gasteiger charge is -2.24. The Morgan fingerprint density at radius 1 is 1.64 bits per heavy atom. The van der Waals surface area contributed by atoms with Crippen molar-refractivity contribution >= 4 is 6.09 Å². The number of rotatable bonds is 2. The summed E-state index contributed by atoms with van der Waals surface area (Å²) in [7, 11) is 0. The highest BCUT2D eigenvalue weighted by molar-refractivity contribution is 5.66. The van der Waals surface area contributed by atoms with Gasteiger partial charge < -0.3 is 4.74 Å². The van der Waals surface area contributed by atoms with Gasteiger partial charge in [0.25, 0.3) is 0 Å². The van der Waals surface area contributed by atoms with Crippen LogP contribution >= 0.6 is 0 Å². The molecule has 0 spiro atoms. The average molecular weight is 158 g/mol. The van der Waals surface area contributed by atoms with Gasteiger partial charge in [-0.2, -0.15) is 0 Å². The number of carbonyl (C=O) groups is 1. The van der Waals surface area contributed by atoms with E-state index in [1.54, 1.807) is 0 Å². The molecule has 0 atom stereocenters. The molecule has 3 N–H and O–H groups in total. The number of hydrogen-bond donors (Lipinski definition) is 2. The number of ether oxygens (including phenoxy) is 1. The van der Waals surface area contributed by atoms with Crippen LogP contribution in [0.25, 0.3) is 0 Å². The van der Waals surface area contributed by atoms with Gasteiger partial charge in [-0.1, -0.05) is 0 Å². The molecule has 0 heterocycles. The van der Waals surface area contributed by atoms with Crippen molar-refractivity contribution in [3.05, 3.63) is 0 Å². The van der Waals surface area contributed by atoms with Crippen LogP contribution in [-0.2, 0) is 4.74 Å². The highest BCUT2D eigenvalue weighted by Crippen LogP contribution is 2.41. The third kappa shape index (κ3) is 2.08. The van der Waals surface area contributed by atoms with Crippen LogP contribution in [0, 0.1) is 5.92 Å². The summed E-state index contributed by atoms with van der Waals surface area (Å²) < 4.78 is 5.04. The summed E-state index contributed by atoms with van der Waals surface area (Å²) in [4.78, 5) is 10.7. The van der Waals surface area contributed by atoms with E-state index in [1.807, 2.05) is 19.3 Å². The molecule has 64 valence electrons. The summed E-state index contributed by atoms with van der Waals surface area (Å²) in [5.41, 5.74) is 1.58. The van der Waals surface area contributed by atoms with E-state index in [2.05, 4.69) is 0 Å². The average Bonchev–Trinajstić information content (AvgIpc) is 2.66. The van der Waals surface area contributed by atoms with Crippen LogP contribution in [0.2, 0.25) is 0 Å². The Hall–Kier alpha value is -0.770. The zero-order valence-electron chi connectivity index (χ0n) is 6.89. The van der Waals surface area contributed by atoms with E-state index in [0.29, 0.717) is 5.92 Å². The van der Waals surface area contributed by atoms with E-state index in [4.69, 9.17) is 10.6 Å². The molecular formula is C7H14N2O2. The van der Waals surface area contributed by atoms with Gasteiger partial charge in [-0.3, -0.25) is 5.43 Å². The first-order valence-corrected chi connectivity index (χ1v) is 3.76. The SMILES string of the molecule is CC(C)(OC(=O)NN)C1CC1. The second-order valence-corrected chi connectivity index (χ2v) is 3.41. The zero-order chi connectivity index (χ0) is 8.48. The highest BCUT2D eigenvalue weighted by Gasteiger charge is 2.40. The summed E-state index contributed by atoms with van der Waals surface area (Å²) in [6, 6.07) is 0. The lowest BCUT2D eigenvalue weighted by atomic mass is 10.0. The van der Waals surface area contributed by atoms with Crippen molar-refractivity contribution in [3.8, 4) is 0 Å². The van der Waals surface area contributed by atoms with Gasteiger partial charge in [-0.05, 0) is 32.6 Å².